The third-order valence-electron chi connectivity index (χ3n) is 4.02. The molecule has 0 fully saturated rings. The van der Waals surface area contributed by atoms with Crippen LogP contribution in [-0.2, 0) is 11.0 Å². The zero-order chi connectivity index (χ0) is 19.7. The molecule has 3 aromatic rings. The predicted octanol–water partition coefficient (Wildman–Crippen LogP) is 2.32. The lowest BCUT2D eigenvalue weighted by atomic mass is 10.1. The van der Waals surface area contributed by atoms with Crippen molar-refractivity contribution in [2.45, 2.75) is 26.7 Å². The molecule has 0 saturated carbocycles. The number of hydrogen-bond acceptors (Lipinski definition) is 3. The molecular formula is C21H25N2O3P. The van der Waals surface area contributed by atoms with Crippen LogP contribution in [0.1, 0.15) is 25.8 Å². The number of nitrogens with zero attached hydrogens (tertiary/aromatic N) is 1. The van der Waals surface area contributed by atoms with Crippen molar-refractivity contribution in [3.8, 4) is 16.8 Å². The van der Waals surface area contributed by atoms with E-state index < -0.39 is 7.60 Å². The lowest BCUT2D eigenvalue weighted by Crippen LogP contribution is -2.29. The SMILES string of the molecule is CCCc1cccc(-[n+]2ccc(-c3cc[nH+]cc3)cc2)c1.CCP(=O)([O-])[O-]. The van der Waals surface area contributed by atoms with Gasteiger partial charge < -0.3 is 14.4 Å². The van der Waals surface area contributed by atoms with Gasteiger partial charge in [-0.25, -0.2) is 4.98 Å². The number of aryl methyl sites for hydroxylation is 1. The normalized spacial score (nSPS) is 10.8. The van der Waals surface area contributed by atoms with Gasteiger partial charge in [-0.05, 0) is 29.3 Å². The molecule has 1 N–H and O–H groups in total. The number of nitrogens with one attached hydrogen (secondary N) is 1. The molecule has 0 amide bonds. The van der Waals surface area contributed by atoms with Crippen LogP contribution >= 0.6 is 7.60 Å². The van der Waals surface area contributed by atoms with Crippen LogP contribution in [0.3, 0.4) is 0 Å². The van der Waals surface area contributed by atoms with Gasteiger partial charge in [-0.2, -0.15) is 4.57 Å². The minimum Gasteiger partial charge on any atom is -0.811 e. The van der Waals surface area contributed by atoms with Gasteiger partial charge in [-0.1, -0.05) is 40.0 Å². The van der Waals surface area contributed by atoms with Crippen molar-refractivity contribution in [3.05, 3.63) is 78.9 Å². The highest BCUT2D eigenvalue weighted by Crippen LogP contribution is 2.20. The zero-order valence-corrected chi connectivity index (χ0v) is 16.6. The highest BCUT2D eigenvalue weighted by molar-refractivity contribution is 7.48. The summed E-state index contributed by atoms with van der Waals surface area (Å²) in [5.74, 6) is 0. The van der Waals surface area contributed by atoms with E-state index in [0.29, 0.717) is 0 Å². The largest absolute Gasteiger partial charge is 0.811 e. The lowest BCUT2D eigenvalue weighted by Gasteiger charge is -2.26. The second-order valence-corrected chi connectivity index (χ2v) is 7.98. The van der Waals surface area contributed by atoms with Crippen molar-refractivity contribution in [3.63, 3.8) is 0 Å². The summed E-state index contributed by atoms with van der Waals surface area (Å²) in [6.07, 6.45) is 10.2. The smallest absolute Gasteiger partial charge is 0.210 e. The van der Waals surface area contributed by atoms with E-state index in [0.717, 1.165) is 6.42 Å². The summed E-state index contributed by atoms with van der Waals surface area (Å²) in [6, 6.07) is 17.2. The van der Waals surface area contributed by atoms with Crippen LogP contribution in [0.4, 0.5) is 0 Å². The first-order valence-electron chi connectivity index (χ1n) is 9.01. The quantitative estimate of drug-likeness (QED) is 0.500. The fourth-order valence-corrected chi connectivity index (χ4v) is 2.53. The second kappa shape index (κ2) is 10.1. The van der Waals surface area contributed by atoms with E-state index >= 15 is 0 Å². The van der Waals surface area contributed by atoms with Crippen molar-refractivity contribution < 1.29 is 23.9 Å². The molecule has 0 atom stereocenters. The van der Waals surface area contributed by atoms with Crippen LogP contribution < -0.4 is 19.3 Å². The van der Waals surface area contributed by atoms with Gasteiger partial charge in [0.2, 0.25) is 5.69 Å². The van der Waals surface area contributed by atoms with E-state index in [1.54, 1.807) is 0 Å². The molecule has 27 heavy (non-hydrogen) atoms. The van der Waals surface area contributed by atoms with Crippen molar-refractivity contribution >= 4 is 7.60 Å². The molecule has 5 nitrogen and oxygen atoms in total. The minimum absolute atomic E-state index is 0.285. The average molecular weight is 384 g/mol. The third kappa shape index (κ3) is 7.06. The van der Waals surface area contributed by atoms with Gasteiger partial charge in [-0.15, -0.1) is 0 Å². The zero-order valence-electron chi connectivity index (χ0n) is 15.7. The molecule has 0 aliphatic heterocycles. The summed E-state index contributed by atoms with van der Waals surface area (Å²) in [4.78, 5) is 22.0. The Balaban J connectivity index is 0.000000380. The van der Waals surface area contributed by atoms with E-state index in [1.807, 2.05) is 12.4 Å². The molecule has 0 aliphatic rings. The van der Waals surface area contributed by atoms with Crippen molar-refractivity contribution in [2.24, 2.45) is 0 Å². The Morgan fingerprint density at radius 2 is 1.56 bits per heavy atom. The highest BCUT2D eigenvalue weighted by Gasteiger charge is 2.07. The van der Waals surface area contributed by atoms with E-state index in [1.165, 1.54) is 35.7 Å². The molecule has 6 heteroatoms. The van der Waals surface area contributed by atoms with Gasteiger partial charge >= 0.3 is 0 Å². The summed E-state index contributed by atoms with van der Waals surface area (Å²) in [5.41, 5.74) is 5.06. The van der Waals surface area contributed by atoms with Gasteiger partial charge in [0.25, 0.3) is 0 Å². The van der Waals surface area contributed by atoms with Crippen LogP contribution in [0, 0.1) is 0 Å². The molecular weight excluding hydrogens is 359 g/mol. The monoisotopic (exact) mass is 384 g/mol. The van der Waals surface area contributed by atoms with Crippen molar-refractivity contribution in [1.29, 1.82) is 0 Å². The Kier molecular flexibility index (Phi) is 7.86. The number of hydrogen-bond donors (Lipinski definition) is 0. The molecule has 0 unspecified atom stereocenters. The molecule has 0 aliphatic carbocycles. The fourth-order valence-electron chi connectivity index (χ4n) is 2.53. The highest BCUT2D eigenvalue weighted by atomic mass is 31.2. The van der Waals surface area contributed by atoms with Gasteiger partial charge in [0, 0.05) is 36.4 Å². The van der Waals surface area contributed by atoms with Crippen LogP contribution in [-0.4, -0.2) is 6.16 Å². The summed E-state index contributed by atoms with van der Waals surface area (Å²) >= 11 is 0. The maximum Gasteiger partial charge on any atom is 0.210 e. The predicted molar refractivity (Wildman–Crippen MR) is 102 cm³/mol. The average Bonchev–Trinajstić information content (AvgIpc) is 2.69. The Morgan fingerprint density at radius 1 is 0.963 bits per heavy atom. The Hall–Kier alpha value is -2.33. The number of aromatic nitrogens is 2. The second-order valence-electron chi connectivity index (χ2n) is 6.13. The van der Waals surface area contributed by atoms with Crippen LogP contribution in [0.25, 0.3) is 16.8 Å². The van der Waals surface area contributed by atoms with Crippen LogP contribution in [0.5, 0.6) is 0 Å². The lowest BCUT2D eigenvalue weighted by molar-refractivity contribution is -0.595. The standard InChI is InChI=1S/C19H19N2.C2H7O3P/c1-2-4-16-5-3-6-19(15-16)21-13-9-18(10-14-21)17-7-11-20-12-8-17;1-2-6(3,4)5/h3,5-15H,2,4H2,1H3;2H2,1H3,(H2,3,4,5)/q+1;/p-1. The molecule has 0 radical (unpaired) electrons. The number of aromatic amines is 1. The summed E-state index contributed by atoms with van der Waals surface area (Å²) in [5, 5.41) is 0. The first-order valence-corrected chi connectivity index (χ1v) is 10.7. The molecule has 2 aromatic heterocycles. The summed E-state index contributed by atoms with van der Waals surface area (Å²) in [7, 11) is -4.15. The third-order valence-corrected chi connectivity index (χ3v) is 4.79. The van der Waals surface area contributed by atoms with E-state index in [4.69, 9.17) is 0 Å². The maximum absolute atomic E-state index is 9.47. The van der Waals surface area contributed by atoms with Gasteiger partial charge in [0.05, 0.1) is 0 Å². The van der Waals surface area contributed by atoms with Crippen LogP contribution in [0.2, 0.25) is 0 Å². The first kappa shape index (κ1) is 21.0. The number of benzene rings is 1. The van der Waals surface area contributed by atoms with Crippen LogP contribution in [0.15, 0.2) is 73.3 Å². The molecule has 2 heterocycles. The van der Waals surface area contributed by atoms with E-state index in [2.05, 4.69) is 77.4 Å². The number of rotatable bonds is 5. The van der Waals surface area contributed by atoms with E-state index in [-0.39, 0.29) is 6.16 Å². The molecule has 3 rings (SSSR count). The molecule has 0 saturated heterocycles. The molecule has 0 spiro atoms. The Morgan fingerprint density at radius 3 is 2.11 bits per heavy atom. The Bertz CT molecular complexity index is 877. The van der Waals surface area contributed by atoms with Crippen molar-refractivity contribution in [1.82, 2.24) is 0 Å². The minimum atomic E-state index is -4.15. The first-order chi connectivity index (χ1) is 12.9. The molecule has 142 valence electrons. The van der Waals surface area contributed by atoms with Gasteiger partial charge in [0.1, 0.15) is 0 Å². The maximum atomic E-state index is 9.47. The van der Waals surface area contributed by atoms with E-state index in [9.17, 15) is 14.4 Å². The number of H-pyrrole nitrogens is 1. The van der Waals surface area contributed by atoms with Gasteiger partial charge in [-0.3, -0.25) is 0 Å². The molecule has 1 aromatic carbocycles. The van der Waals surface area contributed by atoms with Crippen molar-refractivity contribution in [2.75, 3.05) is 6.16 Å². The molecule has 0 bridgehead atoms. The topological polar surface area (TPSA) is 81.2 Å². The summed E-state index contributed by atoms with van der Waals surface area (Å²) < 4.78 is 11.6. The number of pyridine rings is 2. The Labute approximate surface area is 160 Å². The summed E-state index contributed by atoms with van der Waals surface area (Å²) in [6.45, 7) is 3.53. The van der Waals surface area contributed by atoms with Gasteiger partial charge in [0.15, 0.2) is 24.8 Å². The fraction of sp³-hybridized carbons (Fsp3) is 0.238.